The van der Waals surface area contributed by atoms with Gasteiger partial charge in [0.1, 0.15) is 23.7 Å². The third-order valence-corrected chi connectivity index (χ3v) is 15.3. The Hall–Kier alpha value is -1.05. The van der Waals surface area contributed by atoms with Crippen LogP contribution in [0.2, 0.25) is 0 Å². The summed E-state index contributed by atoms with van der Waals surface area (Å²) >= 11 is 7.13. The minimum Gasteiger partial charge on any atom is -0.489 e. The van der Waals surface area contributed by atoms with Gasteiger partial charge in [-0.2, -0.15) is 0 Å². The van der Waals surface area contributed by atoms with Crippen LogP contribution in [0.3, 0.4) is 0 Å². The monoisotopic (exact) mass is 512 g/mol. The summed E-state index contributed by atoms with van der Waals surface area (Å²) in [6, 6.07) is 13.0. The van der Waals surface area contributed by atoms with E-state index in [1.807, 2.05) is 0 Å². The Morgan fingerprint density at radius 2 is 0.886 bits per heavy atom. The molecule has 2 aliphatic heterocycles. The van der Waals surface area contributed by atoms with Crippen LogP contribution in [0.25, 0.3) is 0 Å². The van der Waals surface area contributed by atoms with E-state index in [1.165, 1.54) is 114 Å². The molecule has 5 atom stereocenters. The predicted octanol–water partition coefficient (Wildman–Crippen LogP) is 8.83. The second-order valence-corrected chi connectivity index (χ2v) is 16.3. The van der Waals surface area contributed by atoms with Gasteiger partial charge in [0.15, 0.2) is 0 Å². The van der Waals surface area contributed by atoms with Gasteiger partial charge in [0.2, 0.25) is 0 Å². The molecule has 1 aromatic carbocycles. The lowest BCUT2D eigenvalue weighted by Gasteiger charge is -2.51. The first kappa shape index (κ1) is 25.6. The summed E-state index contributed by atoms with van der Waals surface area (Å²) < 4.78 is 13.9. The normalized spacial score (nSPS) is 33.6. The lowest BCUT2D eigenvalue weighted by Crippen LogP contribution is -2.50. The van der Waals surface area contributed by atoms with Crippen molar-refractivity contribution in [1.29, 1.82) is 0 Å². The van der Waals surface area contributed by atoms with Gasteiger partial charge >= 0.3 is 0 Å². The van der Waals surface area contributed by atoms with E-state index in [0.29, 0.717) is 11.3 Å². The van der Waals surface area contributed by atoms with Crippen LogP contribution in [0.15, 0.2) is 42.5 Å². The average Bonchev–Trinajstić information content (AvgIpc) is 2.96. The second kappa shape index (κ2) is 12.5. The van der Waals surface area contributed by atoms with Crippen molar-refractivity contribution in [3.63, 3.8) is 0 Å². The van der Waals surface area contributed by atoms with Gasteiger partial charge in [-0.15, -0.1) is 0 Å². The van der Waals surface area contributed by atoms with Gasteiger partial charge in [-0.1, -0.05) is 113 Å². The molecule has 4 aliphatic rings. The van der Waals surface area contributed by atoms with Gasteiger partial charge in [0, 0.05) is 17.4 Å². The van der Waals surface area contributed by atoms with Gasteiger partial charge in [0.25, 0.3) is 0 Å². The maximum absolute atomic E-state index is 7.13. The Kier molecular flexibility index (Phi) is 9.11. The Labute approximate surface area is 218 Å². The minimum absolute atomic E-state index is 0.277. The van der Waals surface area contributed by atoms with Crippen molar-refractivity contribution in [1.82, 2.24) is 0 Å². The van der Waals surface area contributed by atoms with Crippen molar-refractivity contribution in [3.05, 3.63) is 42.5 Å². The van der Waals surface area contributed by atoms with Crippen molar-refractivity contribution < 1.29 is 9.47 Å². The largest absolute Gasteiger partial charge is 0.489 e. The molecule has 0 amide bonds. The van der Waals surface area contributed by atoms with E-state index >= 15 is 0 Å². The average molecular weight is 513 g/mol. The molecule has 2 aliphatic carbocycles. The molecule has 0 N–H and O–H groups in total. The van der Waals surface area contributed by atoms with E-state index in [0.717, 1.165) is 11.5 Å². The van der Waals surface area contributed by atoms with Crippen LogP contribution in [0.1, 0.15) is 109 Å². The van der Waals surface area contributed by atoms with Gasteiger partial charge in [-0.25, -0.2) is 0 Å². The van der Waals surface area contributed by atoms with Crippen molar-refractivity contribution in [3.8, 4) is 11.5 Å². The SMILES string of the molecule is S=P12c3c(cccccccc3OC3CCCCCCCC31)OC1CCCCCCCCCCC12. The summed E-state index contributed by atoms with van der Waals surface area (Å²) in [7, 11) is 0. The molecule has 0 spiro atoms. The lowest BCUT2D eigenvalue weighted by atomic mass is 9.98. The van der Waals surface area contributed by atoms with Gasteiger partial charge in [-0.3, -0.25) is 0 Å². The standard InChI is InChI=1S/C31H45O2PS/c35-34-29-23-17-11-4-2-1-3-7-13-19-25(29)32-27-21-15-9-5-10-16-22-28(31(27)34)33-26-20-14-8-6-12-18-24-30(26)34/h5,9-10,15-16,21-22,25-26,29-30H,1-4,6-8,11-14,17-20,23-24H2. The fourth-order valence-corrected chi connectivity index (χ4v) is 13.7. The Bertz CT molecular complexity index is 945. The van der Waals surface area contributed by atoms with Crippen LogP contribution in [-0.2, 0) is 11.8 Å². The number of ether oxygens (including phenoxy) is 2. The first-order valence-corrected chi connectivity index (χ1v) is 17.6. The highest BCUT2D eigenvalue weighted by atomic mass is 32.4. The Morgan fingerprint density at radius 1 is 0.514 bits per heavy atom. The van der Waals surface area contributed by atoms with Gasteiger partial charge in [0.05, 0.1) is 5.30 Å². The third kappa shape index (κ3) is 5.77. The molecule has 0 bridgehead atoms. The maximum Gasteiger partial charge on any atom is 0.131 e. The molecule has 2 heterocycles. The number of hydrogen-bond acceptors (Lipinski definition) is 3. The number of hydrogen-bond donors (Lipinski definition) is 0. The van der Waals surface area contributed by atoms with Crippen molar-refractivity contribution in [2.24, 2.45) is 0 Å². The first-order valence-electron chi connectivity index (χ1n) is 14.7. The smallest absolute Gasteiger partial charge is 0.131 e. The zero-order valence-electron chi connectivity index (χ0n) is 21.5. The van der Waals surface area contributed by atoms with Crippen LogP contribution >= 0.6 is 6.04 Å². The van der Waals surface area contributed by atoms with Crippen molar-refractivity contribution in [2.75, 3.05) is 0 Å². The summed E-state index contributed by atoms with van der Waals surface area (Å²) in [6.07, 6.45) is 22.9. The van der Waals surface area contributed by atoms with Crippen molar-refractivity contribution >= 4 is 23.1 Å². The summed E-state index contributed by atoms with van der Waals surface area (Å²) in [5, 5.41) is 1.30. The highest BCUT2D eigenvalue weighted by molar-refractivity contribution is 8.19. The lowest BCUT2D eigenvalue weighted by molar-refractivity contribution is 0.153. The molecule has 192 valence electrons. The molecule has 5 rings (SSSR count). The van der Waals surface area contributed by atoms with Crippen molar-refractivity contribution in [2.45, 2.75) is 133 Å². The number of fused-ring (bicyclic) bond motifs is 4. The zero-order chi connectivity index (χ0) is 23.9. The van der Waals surface area contributed by atoms with Crippen LogP contribution in [0.4, 0.5) is 0 Å². The molecule has 2 saturated carbocycles. The zero-order valence-corrected chi connectivity index (χ0v) is 23.3. The quantitative estimate of drug-likeness (QED) is 0.324. The molecule has 2 fully saturated rings. The van der Waals surface area contributed by atoms with E-state index in [4.69, 9.17) is 21.3 Å². The molecule has 0 saturated heterocycles. The van der Waals surface area contributed by atoms with Crippen LogP contribution in [-0.4, -0.2) is 23.5 Å². The Balaban J connectivity index is 1.65. The summed E-state index contributed by atoms with van der Waals surface area (Å²) in [5.74, 6) is 2.07. The molecule has 0 aromatic heterocycles. The molecule has 0 radical (unpaired) electrons. The predicted molar refractivity (Wildman–Crippen MR) is 153 cm³/mol. The van der Waals surface area contributed by atoms with E-state index in [9.17, 15) is 0 Å². The maximum atomic E-state index is 7.13. The fraction of sp³-hybridized carbons (Fsp3) is 0.677. The molecular weight excluding hydrogens is 467 g/mol. The number of rotatable bonds is 0. The molecular formula is C31H45O2PS. The molecule has 35 heavy (non-hydrogen) atoms. The van der Waals surface area contributed by atoms with Gasteiger partial charge < -0.3 is 9.47 Å². The topological polar surface area (TPSA) is 18.5 Å². The van der Waals surface area contributed by atoms with Crippen LogP contribution in [0.5, 0.6) is 11.5 Å². The molecule has 1 aromatic rings. The van der Waals surface area contributed by atoms with E-state index in [1.54, 1.807) is 0 Å². The van der Waals surface area contributed by atoms with Crippen LogP contribution in [0, 0.1) is 0 Å². The highest BCUT2D eigenvalue weighted by Crippen LogP contribution is 2.67. The molecule has 2 nitrogen and oxygen atoms in total. The molecule has 5 unspecified atom stereocenters. The minimum atomic E-state index is -1.93. The van der Waals surface area contributed by atoms with E-state index in [-0.39, 0.29) is 12.2 Å². The van der Waals surface area contributed by atoms with E-state index in [2.05, 4.69) is 42.5 Å². The fourth-order valence-electron chi connectivity index (χ4n) is 7.09. The molecule has 4 heteroatoms. The van der Waals surface area contributed by atoms with E-state index < -0.39 is 6.04 Å². The highest BCUT2D eigenvalue weighted by Gasteiger charge is 2.53. The summed E-state index contributed by atoms with van der Waals surface area (Å²) in [5.41, 5.74) is 1.02. The van der Waals surface area contributed by atoms with Gasteiger partial charge in [-0.05, 0) is 50.7 Å². The summed E-state index contributed by atoms with van der Waals surface area (Å²) in [6.45, 7) is 0. The van der Waals surface area contributed by atoms with Crippen LogP contribution < -0.4 is 14.8 Å². The Morgan fingerprint density at radius 3 is 1.34 bits per heavy atom. The summed E-state index contributed by atoms with van der Waals surface area (Å²) in [4.78, 5) is 0. The second-order valence-electron chi connectivity index (χ2n) is 11.3. The third-order valence-electron chi connectivity index (χ3n) is 8.88. The first-order chi connectivity index (χ1) is 17.3.